The summed E-state index contributed by atoms with van der Waals surface area (Å²) in [6, 6.07) is 13.9. The molecule has 3 aliphatic rings. The normalized spacial score (nSPS) is 18.5. The predicted molar refractivity (Wildman–Crippen MR) is 166 cm³/mol. The van der Waals surface area contributed by atoms with E-state index in [0.717, 1.165) is 46.3 Å². The standard InChI is InChI=1S/C32H33N5O3S/c1-3-9-21-14-15-27(28(18-21)39-2)40-17-16-36-20-23(24-12-7-8-13-26(24)36)19-25-29(33)37-32(34-30(25)38)41-31(35-37)22-10-5-4-6-11-22/h3,7-8,12-15,18-20,22,33H,1,4-6,9-11,16-17H2,2H3. The van der Waals surface area contributed by atoms with Crippen LogP contribution >= 0.6 is 11.8 Å². The van der Waals surface area contributed by atoms with Gasteiger partial charge in [-0.3, -0.25) is 10.2 Å². The maximum Gasteiger partial charge on any atom is 0.283 e. The number of fused-ring (bicyclic) bond motifs is 2. The molecule has 210 valence electrons. The van der Waals surface area contributed by atoms with E-state index in [4.69, 9.17) is 20.0 Å². The van der Waals surface area contributed by atoms with Crippen LogP contribution in [0.2, 0.25) is 0 Å². The number of rotatable bonds is 9. The number of hydrazone groups is 1. The highest BCUT2D eigenvalue weighted by Gasteiger charge is 2.38. The Morgan fingerprint density at radius 2 is 1.98 bits per heavy atom. The third kappa shape index (κ3) is 5.46. The first-order valence-corrected chi connectivity index (χ1v) is 14.9. The van der Waals surface area contributed by atoms with Crippen LogP contribution in [0.3, 0.4) is 0 Å². The SMILES string of the molecule is C=CCc1ccc(OCCn2cc(C=C3C(=N)N4N=C(C5CCCCC5)SC4=NC3=O)c3ccccc32)c(OC)c1. The van der Waals surface area contributed by atoms with E-state index in [-0.39, 0.29) is 11.4 Å². The average molecular weight is 568 g/mol. The molecule has 2 aromatic carbocycles. The Morgan fingerprint density at radius 1 is 1.15 bits per heavy atom. The van der Waals surface area contributed by atoms with Crippen molar-refractivity contribution in [3.05, 3.63) is 78.0 Å². The van der Waals surface area contributed by atoms with Gasteiger partial charge in [0.1, 0.15) is 11.7 Å². The zero-order valence-electron chi connectivity index (χ0n) is 23.1. The van der Waals surface area contributed by atoms with Crippen molar-refractivity contribution in [3.63, 3.8) is 0 Å². The van der Waals surface area contributed by atoms with Crippen LogP contribution in [0.25, 0.3) is 17.0 Å². The van der Waals surface area contributed by atoms with E-state index < -0.39 is 5.91 Å². The van der Waals surface area contributed by atoms with Crippen LogP contribution in [0.4, 0.5) is 0 Å². The van der Waals surface area contributed by atoms with Crippen molar-refractivity contribution in [1.82, 2.24) is 9.58 Å². The monoisotopic (exact) mass is 567 g/mol. The molecule has 0 unspecified atom stereocenters. The van der Waals surface area contributed by atoms with E-state index >= 15 is 0 Å². The van der Waals surface area contributed by atoms with Crippen LogP contribution in [0.5, 0.6) is 11.5 Å². The third-order valence-electron chi connectivity index (χ3n) is 7.74. The van der Waals surface area contributed by atoms with Gasteiger partial charge >= 0.3 is 0 Å². The number of amides is 1. The molecule has 1 N–H and O–H groups in total. The van der Waals surface area contributed by atoms with Crippen LogP contribution in [0.15, 0.2) is 77.0 Å². The van der Waals surface area contributed by atoms with Crippen LogP contribution in [0.1, 0.15) is 43.2 Å². The Balaban J connectivity index is 1.23. The Labute approximate surface area is 243 Å². The lowest BCUT2D eigenvalue weighted by Gasteiger charge is -2.20. The van der Waals surface area contributed by atoms with Crippen molar-refractivity contribution in [2.75, 3.05) is 13.7 Å². The zero-order chi connectivity index (χ0) is 28.3. The number of hydrogen-bond donors (Lipinski definition) is 1. The number of nitrogens with one attached hydrogen (secondary N) is 1. The number of allylic oxidation sites excluding steroid dienone is 1. The maximum atomic E-state index is 13.1. The smallest absolute Gasteiger partial charge is 0.283 e. The molecule has 0 radical (unpaired) electrons. The molecular weight excluding hydrogens is 534 g/mol. The number of ether oxygens (including phenoxy) is 2. The summed E-state index contributed by atoms with van der Waals surface area (Å²) in [7, 11) is 1.64. The second-order valence-corrected chi connectivity index (χ2v) is 11.4. The number of thioether (sulfide) groups is 1. The zero-order valence-corrected chi connectivity index (χ0v) is 24.0. The summed E-state index contributed by atoms with van der Waals surface area (Å²) in [5.41, 5.74) is 3.22. The molecule has 0 atom stereocenters. The van der Waals surface area contributed by atoms with Gasteiger partial charge in [0, 0.05) is 28.6 Å². The van der Waals surface area contributed by atoms with Crippen LogP contribution in [-0.2, 0) is 17.8 Å². The average Bonchev–Trinajstić information content (AvgIpc) is 3.58. The fraction of sp³-hybridized carbons (Fsp3) is 0.312. The van der Waals surface area contributed by atoms with Gasteiger partial charge in [-0.1, -0.05) is 49.6 Å². The molecule has 2 aliphatic heterocycles. The van der Waals surface area contributed by atoms with E-state index in [1.54, 1.807) is 13.2 Å². The Hall–Kier alpha value is -4.11. The lowest BCUT2D eigenvalue weighted by atomic mass is 9.90. The summed E-state index contributed by atoms with van der Waals surface area (Å²) in [4.78, 5) is 17.4. The number of amidine groups is 2. The number of hydrogen-bond acceptors (Lipinski definition) is 6. The van der Waals surface area contributed by atoms with E-state index in [9.17, 15) is 4.79 Å². The van der Waals surface area contributed by atoms with Crippen LogP contribution in [-0.4, -0.2) is 45.2 Å². The predicted octanol–water partition coefficient (Wildman–Crippen LogP) is 6.66. The van der Waals surface area contributed by atoms with Crippen LogP contribution in [0, 0.1) is 11.3 Å². The summed E-state index contributed by atoms with van der Waals surface area (Å²) in [6.45, 7) is 4.82. The lowest BCUT2D eigenvalue weighted by molar-refractivity contribution is -0.114. The minimum absolute atomic E-state index is 0.0745. The molecule has 0 saturated heterocycles. The van der Waals surface area contributed by atoms with Gasteiger partial charge in [-0.05, 0) is 60.9 Å². The first-order valence-electron chi connectivity index (χ1n) is 14.0. The van der Waals surface area contributed by atoms with Gasteiger partial charge in [-0.15, -0.1) is 6.58 Å². The summed E-state index contributed by atoms with van der Waals surface area (Å²) in [5.74, 6) is 1.44. The number of para-hydroxylation sites is 1. The summed E-state index contributed by atoms with van der Waals surface area (Å²) < 4.78 is 13.7. The molecule has 8 nitrogen and oxygen atoms in total. The number of carbonyl (C=O) groups excluding carboxylic acids is 1. The van der Waals surface area contributed by atoms with Gasteiger partial charge < -0.3 is 14.0 Å². The number of methoxy groups -OCH3 is 1. The van der Waals surface area contributed by atoms with Gasteiger partial charge in [-0.25, -0.2) is 0 Å². The highest BCUT2D eigenvalue weighted by Crippen LogP contribution is 2.36. The first-order chi connectivity index (χ1) is 20.1. The highest BCUT2D eigenvalue weighted by molar-refractivity contribution is 8.27. The van der Waals surface area contributed by atoms with Crippen molar-refractivity contribution in [3.8, 4) is 11.5 Å². The van der Waals surface area contributed by atoms with Crippen molar-refractivity contribution in [2.45, 2.75) is 45.1 Å². The molecule has 1 amide bonds. The lowest BCUT2D eigenvalue weighted by Crippen LogP contribution is -2.35. The minimum Gasteiger partial charge on any atom is -0.493 e. The number of aliphatic imine (C=N–C) groups is 1. The van der Waals surface area contributed by atoms with E-state index in [2.05, 4.69) is 16.1 Å². The van der Waals surface area contributed by atoms with E-state index in [1.807, 2.05) is 54.7 Å². The minimum atomic E-state index is -0.402. The summed E-state index contributed by atoms with van der Waals surface area (Å²) >= 11 is 1.44. The molecule has 1 aliphatic carbocycles. The topological polar surface area (TPSA) is 92.3 Å². The Morgan fingerprint density at radius 3 is 2.78 bits per heavy atom. The second-order valence-electron chi connectivity index (χ2n) is 10.4. The number of benzene rings is 2. The van der Waals surface area contributed by atoms with E-state index in [1.165, 1.54) is 36.0 Å². The van der Waals surface area contributed by atoms with Crippen LogP contribution < -0.4 is 9.47 Å². The molecule has 3 aromatic rings. The molecular formula is C32H33N5O3S. The van der Waals surface area contributed by atoms with E-state index in [0.29, 0.717) is 35.7 Å². The number of nitrogens with zero attached hydrogens (tertiary/aromatic N) is 4. The Bertz CT molecular complexity index is 1610. The van der Waals surface area contributed by atoms with Crippen molar-refractivity contribution >= 4 is 50.7 Å². The van der Waals surface area contributed by atoms with Crippen molar-refractivity contribution in [2.24, 2.45) is 16.0 Å². The number of carbonyl (C=O) groups is 1. The molecule has 1 aromatic heterocycles. The first kappa shape index (κ1) is 27.1. The maximum absolute atomic E-state index is 13.1. The van der Waals surface area contributed by atoms with Gasteiger partial charge in [0.05, 0.1) is 19.2 Å². The molecule has 41 heavy (non-hydrogen) atoms. The van der Waals surface area contributed by atoms with Gasteiger partial charge in [0.25, 0.3) is 5.91 Å². The largest absolute Gasteiger partial charge is 0.493 e. The summed E-state index contributed by atoms with van der Waals surface area (Å²) in [5, 5.41) is 17.6. The fourth-order valence-corrected chi connectivity index (χ4v) is 6.69. The third-order valence-corrected chi connectivity index (χ3v) is 8.81. The summed E-state index contributed by atoms with van der Waals surface area (Å²) in [6.07, 6.45) is 12.3. The Kier molecular flexibility index (Phi) is 7.78. The second kappa shape index (κ2) is 11.8. The van der Waals surface area contributed by atoms with Gasteiger partial charge in [0.15, 0.2) is 17.3 Å². The molecule has 9 heteroatoms. The molecule has 0 bridgehead atoms. The fourth-order valence-electron chi connectivity index (χ4n) is 5.63. The molecule has 0 spiro atoms. The quantitative estimate of drug-likeness (QED) is 0.231. The van der Waals surface area contributed by atoms with Gasteiger partial charge in [-0.2, -0.15) is 15.1 Å². The molecule has 3 heterocycles. The number of aromatic nitrogens is 1. The van der Waals surface area contributed by atoms with Crippen molar-refractivity contribution < 1.29 is 14.3 Å². The molecule has 6 rings (SSSR count). The molecule has 1 fully saturated rings. The van der Waals surface area contributed by atoms with Crippen molar-refractivity contribution in [1.29, 1.82) is 5.41 Å². The highest BCUT2D eigenvalue weighted by atomic mass is 32.2. The van der Waals surface area contributed by atoms with Gasteiger partial charge in [0.2, 0.25) is 5.17 Å². The molecule has 1 saturated carbocycles.